The lowest BCUT2D eigenvalue weighted by atomic mass is 9.83. The maximum absolute atomic E-state index is 12.6. The zero-order valence-electron chi connectivity index (χ0n) is 13.1. The molecule has 4 heteroatoms. The SMILES string of the molecule is Cc1cccc(C(=O)c2cc3c(o2)C(=O)C2=CCCC=C2C3=O)c1. The van der Waals surface area contributed by atoms with Crippen LogP contribution >= 0.6 is 0 Å². The van der Waals surface area contributed by atoms with Crippen molar-refractivity contribution in [3.63, 3.8) is 0 Å². The molecule has 1 aromatic carbocycles. The third-order valence-corrected chi connectivity index (χ3v) is 4.33. The van der Waals surface area contributed by atoms with Crippen molar-refractivity contribution in [1.29, 1.82) is 0 Å². The van der Waals surface area contributed by atoms with Gasteiger partial charge in [-0.05, 0) is 31.9 Å². The van der Waals surface area contributed by atoms with Crippen LogP contribution in [-0.2, 0) is 0 Å². The van der Waals surface area contributed by atoms with Crippen molar-refractivity contribution < 1.29 is 18.8 Å². The number of fused-ring (bicyclic) bond motifs is 2. The summed E-state index contributed by atoms with van der Waals surface area (Å²) in [5.74, 6) is -0.908. The van der Waals surface area contributed by atoms with E-state index in [1.807, 2.05) is 13.0 Å². The van der Waals surface area contributed by atoms with Gasteiger partial charge in [-0.15, -0.1) is 0 Å². The molecule has 4 rings (SSSR count). The zero-order chi connectivity index (χ0) is 16.8. The van der Waals surface area contributed by atoms with Gasteiger partial charge in [0.25, 0.3) is 0 Å². The molecule has 0 spiro atoms. The molecular formula is C20H14O4. The molecule has 1 aromatic heterocycles. The van der Waals surface area contributed by atoms with Crippen molar-refractivity contribution in [2.75, 3.05) is 0 Å². The number of carbonyl (C=O) groups excluding carboxylic acids is 3. The summed E-state index contributed by atoms with van der Waals surface area (Å²) in [6.45, 7) is 1.89. The van der Waals surface area contributed by atoms with Crippen molar-refractivity contribution in [1.82, 2.24) is 0 Å². The fourth-order valence-electron chi connectivity index (χ4n) is 3.14. The van der Waals surface area contributed by atoms with E-state index in [0.29, 0.717) is 16.7 Å². The maximum atomic E-state index is 12.6. The Bertz CT molecular complexity index is 920. The quantitative estimate of drug-likeness (QED) is 0.789. The van der Waals surface area contributed by atoms with Gasteiger partial charge in [0.2, 0.25) is 11.6 Å². The average molecular weight is 318 g/mol. The van der Waals surface area contributed by atoms with Crippen molar-refractivity contribution in [2.45, 2.75) is 19.8 Å². The number of Topliss-reactive ketones (excluding diaryl/α,β-unsaturated/α-hetero) is 2. The molecule has 1 heterocycles. The number of ketones is 3. The molecule has 4 nitrogen and oxygen atoms in total. The van der Waals surface area contributed by atoms with Crippen LogP contribution in [0.4, 0.5) is 0 Å². The van der Waals surface area contributed by atoms with E-state index in [2.05, 4.69) is 0 Å². The molecule has 0 amide bonds. The minimum absolute atomic E-state index is 0.0205. The van der Waals surface area contributed by atoms with Gasteiger partial charge < -0.3 is 4.42 Å². The van der Waals surface area contributed by atoms with Crippen LogP contribution in [0, 0.1) is 6.92 Å². The van der Waals surface area contributed by atoms with Crippen molar-refractivity contribution in [3.8, 4) is 0 Å². The van der Waals surface area contributed by atoms with E-state index >= 15 is 0 Å². The van der Waals surface area contributed by atoms with Gasteiger partial charge in [-0.3, -0.25) is 14.4 Å². The molecule has 0 bridgehead atoms. The highest BCUT2D eigenvalue weighted by molar-refractivity contribution is 6.30. The van der Waals surface area contributed by atoms with E-state index in [9.17, 15) is 14.4 Å². The molecule has 0 radical (unpaired) electrons. The van der Waals surface area contributed by atoms with Gasteiger partial charge in [-0.2, -0.15) is 0 Å². The van der Waals surface area contributed by atoms with Gasteiger partial charge in [0.1, 0.15) is 0 Å². The van der Waals surface area contributed by atoms with Crippen LogP contribution in [-0.4, -0.2) is 17.3 Å². The maximum Gasteiger partial charge on any atom is 0.229 e. The van der Waals surface area contributed by atoms with E-state index in [4.69, 9.17) is 4.42 Å². The Labute approximate surface area is 138 Å². The summed E-state index contributed by atoms with van der Waals surface area (Å²) in [6, 6.07) is 8.50. The van der Waals surface area contributed by atoms with Gasteiger partial charge in [-0.1, -0.05) is 35.9 Å². The smallest absolute Gasteiger partial charge is 0.229 e. The molecule has 2 aromatic rings. The lowest BCUT2D eigenvalue weighted by molar-refractivity contribution is 0.0944. The van der Waals surface area contributed by atoms with Crippen LogP contribution in [0.25, 0.3) is 0 Å². The molecule has 0 N–H and O–H groups in total. The molecule has 0 saturated carbocycles. The normalized spacial score (nSPS) is 16.2. The summed E-state index contributed by atoms with van der Waals surface area (Å²) < 4.78 is 5.51. The molecule has 0 saturated heterocycles. The van der Waals surface area contributed by atoms with Crippen LogP contribution < -0.4 is 0 Å². The van der Waals surface area contributed by atoms with Crippen molar-refractivity contribution in [2.24, 2.45) is 0 Å². The molecular weight excluding hydrogens is 304 g/mol. The Kier molecular flexibility index (Phi) is 3.20. The van der Waals surface area contributed by atoms with Crippen molar-refractivity contribution in [3.05, 3.63) is 81.8 Å². The van der Waals surface area contributed by atoms with Crippen LogP contribution in [0.15, 0.2) is 58.0 Å². The fourth-order valence-corrected chi connectivity index (χ4v) is 3.14. The Hall–Kier alpha value is -3.01. The third kappa shape index (κ3) is 2.11. The van der Waals surface area contributed by atoms with Gasteiger partial charge in [-0.25, -0.2) is 0 Å². The molecule has 118 valence electrons. The Balaban J connectivity index is 1.81. The number of rotatable bonds is 2. The lowest BCUT2D eigenvalue weighted by Crippen LogP contribution is -2.22. The molecule has 24 heavy (non-hydrogen) atoms. The first kappa shape index (κ1) is 14.6. The molecule has 2 aliphatic rings. The van der Waals surface area contributed by atoms with Crippen LogP contribution in [0.2, 0.25) is 0 Å². The summed E-state index contributed by atoms with van der Waals surface area (Å²) in [4.78, 5) is 37.7. The Morgan fingerprint density at radius 2 is 1.71 bits per heavy atom. The minimum Gasteiger partial charge on any atom is -0.448 e. The van der Waals surface area contributed by atoms with Gasteiger partial charge in [0.05, 0.1) is 5.56 Å². The Morgan fingerprint density at radius 1 is 1.00 bits per heavy atom. The van der Waals surface area contributed by atoms with Crippen LogP contribution in [0.5, 0.6) is 0 Å². The predicted molar refractivity (Wildman–Crippen MR) is 87.4 cm³/mol. The first-order chi connectivity index (χ1) is 11.6. The summed E-state index contributed by atoms with van der Waals surface area (Å²) in [7, 11) is 0. The van der Waals surface area contributed by atoms with Gasteiger partial charge in [0, 0.05) is 16.7 Å². The summed E-state index contributed by atoms with van der Waals surface area (Å²) >= 11 is 0. The van der Waals surface area contributed by atoms with Crippen LogP contribution in [0.3, 0.4) is 0 Å². The largest absolute Gasteiger partial charge is 0.448 e. The number of furan rings is 1. The minimum atomic E-state index is -0.334. The third-order valence-electron chi connectivity index (χ3n) is 4.33. The number of aryl methyl sites for hydroxylation is 1. The van der Waals surface area contributed by atoms with Crippen LogP contribution in [0.1, 0.15) is 55.4 Å². The highest BCUT2D eigenvalue weighted by Gasteiger charge is 2.37. The van der Waals surface area contributed by atoms with E-state index in [1.165, 1.54) is 6.07 Å². The molecule has 0 fully saturated rings. The second kappa shape index (κ2) is 5.27. The summed E-state index contributed by atoms with van der Waals surface area (Å²) in [5, 5.41) is 0. The first-order valence-corrected chi connectivity index (χ1v) is 7.81. The Morgan fingerprint density at radius 3 is 2.42 bits per heavy atom. The number of hydrogen-bond acceptors (Lipinski definition) is 4. The van der Waals surface area contributed by atoms with Gasteiger partial charge >= 0.3 is 0 Å². The van der Waals surface area contributed by atoms with Crippen molar-refractivity contribution >= 4 is 17.3 Å². The van der Waals surface area contributed by atoms with E-state index in [1.54, 1.807) is 30.4 Å². The number of benzene rings is 1. The number of hydrogen-bond donors (Lipinski definition) is 0. The highest BCUT2D eigenvalue weighted by Crippen LogP contribution is 2.34. The van der Waals surface area contributed by atoms with Gasteiger partial charge in [0.15, 0.2) is 17.3 Å². The van der Waals surface area contributed by atoms with E-state index in [0.717, 1.165) is 18.4 Å². The molecule has 0 atom stereocenters. The summed E-state index contributed by atoms with van der Waals surface area (Å²) in [5.41, 5.74) is 2.42. The lowest BCUT2D eigenvalue weighted by Gasteiger charge is -2.17. The highest BCUT2D eigenvalue weighted by atomic mass is 16.4. The first-order valence-electron chi connectivity index (χ1n) is 7.81. The fraction of sp³-hybridized carbons (Fsp3) is 0.150. The molecule has 0 aliphatic heterocycles. The predicted octanol–water partition coefficient (Wildman–Crippen LogP) is 3.84. The van der Waals surface area contributed by atoms with E-state index in [-0.39, 0.29) is 34.4 Å². The zero-order valence-corrected chi connectivity index (χ0v) is 13.1. The second-order valence-electron chi connectivity index (χ2n) is 6.02. The molecule has 0 unspecified atom stereocenters. The average Bonchev–Trinajstić information content (AvgIpc) is 3.05. The number of allylic oxidation sites excluding steroid dienone is 4. The topological polar surface area (TPSA) is 64.3 Å². The second-order valence-corrected chi connectivity index (χ2v) is 6.02. The standard InChI is InChI=1S/C20H14O4/c1-11-5-4-6-12(9-11)17(21)16-10-15-18(22)13-7-2-3-8-14(13)19(23)20(15)24-16/h4-10H,2-3H2,1H3. The van der Waals surface area contributed by atoms with E-state index < -0.39 is 0 Å². The number of carbonyl (C=O) groups is 3. The summed E-state index contributed by atoms with van der Waals surface area (Å²) in [6.07, 6.45) is 5.01. The monoisotopic (exact) mass is 318 g/mol. The molecule has 2 aliphatic carbocycles.